The summed E-state index contributed by atoms with van der Waals surface area (Å²) in [4.78, 5) is 247. The molecule has 0 saturated carbocycles. The molecule has 0 spiro atoms. The fourth-order valence-corrected chi connectivity index (χ4v) is 17.3. The average Bonchev–Trinajstić information content (AvgIpc) is 1.29. The van der Waals surface area contributed by atoms with Gasteiger partial charge < -0.3 is 135 Å². The zero-order valence-electron chi connectivity index (χ0n) is 80.4. The second-order valence-corrected chi connectivity index (χ2v) is 36.5. The van der Waals surface area contributed by atoms with E-state index < -0.39 is 270 Å². The van der Waals surface area contributed by atoms with E-state index >= 15 is 37.2 Å². The van der Waals surface area contributed by atoms with Gasteiger partial charge in [-0.15, -0.1) is 0 Å². The van der Waals surface area contributed by atoms with Crippen molar-refractivity contribution in [1.82, 2.24) is 67.3 Å². The minimum absolute atomic E-state index is 0.00843. The van der Waals surface area contributed by atoms with Crippen molar-refractivity contribution in [1.29, 1.82) is 10.8 Å². The van der Waals surface area contributed by atoms with E-state index in [4.69, 9.17) is 56.7 Å². The van der Waals surface area contributed by atoms with Crippen LogP contribution in [0.1, 0.15) is 153 Å². The first-order valence-electron chi connectivity index (χ1n) is 46.4. The number of hydrogen-bond acceptors (Lipinski definition) is 30. The molecule has 780 valence electrons. The molecule has 143 heavy (non-hydrogen) atoms. The van der Waals surface area contributed by atoms with E-state index in [2.05, 4.69) is 68.7 Å². The number of guanidine groups is 2. The van der Waals surface area contributed by atoms with Crippen LogP contribution < -0.4 is 109 Å². The second-order valence-electron chi connectivity index (χ2n) is 34.7. The summed E-state index contributed by atoms with van der Waals surface area (Å²) in [5, 5.41) is 93.0. The molecule has 51 heteroatoms. The van der Waals surface area contributed by atoms with Gasteiger partial charge in [0.15, 0.2) is 11.9 Å². The Hall–Kier alpha value is -15.1. The smallest absolute Gasteiger partial charge is 0.326 e. The van der Waals surface area contributed by atoms with Crippen LogP contribution in [0.15, 0.2) is 124 Å². The first-order chi connectivity index (χ1) is 67.7. The fraction of sp³-hybridized carbons (Fsp3) is 0.489. The van der Waals surface area contributed by atoms with Crippen LogP contribution in [-0.4, -0.2) is 288 Å². The molecule has 13 atom stereocenters. The number of imide groups is 1. The molecule has 6 rings (SSSR count). The number of aliphatic carboxylic acids is 2. The molecule has 0 radical (unpaired) electrons. The minimum atomic E-state index is -5.38. The van der Waals surface area contributed by atoms with E-state index in [1.165, 1.54) is 86.6 Å². The van der Waals surface area contributed by atoms with Crippen molar-refractivity contribution in [3.63, 3.8) is 0 Å². The Morgan fingerprint density at radius 3 is 1.63 bits per heavy atom. The van der Waals surface area contributed by atoms with Gasteiger partial charge in [0.1, 0.15) is 72.2 Å². The van der Waals surface area contributed by atoms with Gasteiger partial charge in [-0.3, -0.25) is 92.4 Å². The number of rotatable bonds is 60. The molecule has 33 N–H and O–H groups in total. The van der Waals surface area contributed by atoms with Gasteiger partial charge in [0.05, 0.1) is 35.3 Å². The second kappa shape index (κ2) is 57.0. The summed E-state index contributed by atoms with van der Waals surface area (Å²) in [6.45, 7) is 5.00. The lowest BCUT2D eigenvalue weighted by molar-refractivity contribution is -0.145. The summed E-state index contributed by atoms with van der Waals surface area (Å²) in [5.41, 5.74) is 47.7. The maximum absolute atomic E-state index is 15.7. The number of fused-ring (bicyclic) bond motifs is 1. The number of carboxylic acids is 2. The van der Waals surface area contributed by atoms with Gasteiger partial charge in [-0.1, -0.05) is 70.5 Å². The third kappa shape index (κ3) is 35.6. The molecular formula is C92H133N27O23S. The Balaban J connectivity index is 1.30. The predicted octanol–water partition coefficient (Wildman–Crippen LogP) is -2.53. The SMILES string of the molecule is CC[C@H](C)[C@H](NC(=O)[C@@H]1CCCN1C(=O)[C@H](Cc1ccc(O)cc1)NC(=O)[C@H](CC(N)=O)NC(=O)[C@H](CCC(N)=O)NC(=O)[C@H](CO)NC(=O)[C@H](CCC(=O)O)N(C(=O)[C@@H](N)CCCNC(=N)N)S(=O)(=O)c1cccc2c(NCCN)cccc12)C(=O)N[C@H](C(=O)N[C@@H](CCC(N)=O)C(=O)N(C(=O)c1ccc(N=Nc2ccc(N(C)C)cc2)cc1)[C@@H](CCCCN)C(=O)N[C@@H](CCCNC(=N)N)C(=O)O)C(C)C. The molecule has 0 unspecified atom stereocenters. The number of carbonyl (C=O) groups is 17. The summed E-state index contributed by atoms with van der Waals surface area (Å²) < 4.78 is 30.8. The van der Waals surface area contributed by atoms with Crippen molar-refractivity contribution >= 4 is 156 Å². The predicted molar refractivity (Wildman–Crippen MR) is 523 cm³/mol. The van der Waals surface area contributed by atoms with Crippen molar-refractivity contribution in [3.05, 3.63) is 120 Å². The molecular weight excluding hydrogens is 1880 g/mol. The summed E-state index contributed by atoms with van der Waals surface area (Å²) in [6.07, 6.45) is -6.84. The first kappa shape index (κ1) is 117. The zero-order chi connectivity index (χ0) is 106. The fourth-order valence-electron chi connectivity index (χ4n) is 15.4. The Bertz CT molecular complexity index is 5490. The number of primary amides is 3. The van der Waals surface area contributed by atoms with Crippen molar-refractivity contribution < 1.29 is 110 Å². The lowest BCUT2D eigenvalue weighted by Crippen LogP contribution is -2.63. The Morgan fingerprint density at radius 2 is 1.07 bits per heavy atom. The van der Waals surface area contributed by atoms with E-state index in [1.807, 2.05) is 31.1 Å². The largest absolute Gasteiger partial charge is 0.508 e. The number of nitrogens with two attached hydrogens (primary N) is 8. The van der Waals surface area contributed by atoms with Crippen LogP contribution in [0.3, 0.4) is 0 Å². The first-order valence-corrected chi connectivity index (χ1v) is 47.9. The number of hydrogen-bond donors (Lipinski definition) is 25. The summed E-state index contributed by atoms with van der Waals surface area (Å²) in [7, 11) is -1.67. The molecule has 15 amide bonds. The highest BCUT2D eigenvalue weighted by molar-refractivity contribution is 7.90. The lowest BCUT2D eigenvalue weighted by atomic mass is 9.95. The van der Waals surface area contributed by atoms with Crippen LogP contribution in [-0.2, 0) is 93.2 Å². The molecule has 1 aliphatic rings. The highest BCUT2D eigenvalue weighted by atomic mass is 32.2. The van der Waals surface area contributed by atoms with Crippen LogP contribution in [0.5, 0.6) is 5.75 Å². The lowest BCUT2D eigenvalue weighted by Gasteiger charge is -2.34. The van der Waals surface area contributed by atoms with Crippen molar-refractivity contribution in [2.45, 2.75) is 221 Å². The number of carboxylic acid groups (broad SMARTS) is 2. The van der Waals surface area contributed by atoms with Gasteiger partial charge in [-0.25, -0.2) is 17.5 Å². The summed E-state index contributed by atoms with van der Waals surface area (Å²) in [5.74, 6) is -24.3. The van der Waals surface area contributed by atoms with Crippen LogP contribution in [0.25, 0.3) is 10.8 Å². The zero-order valence-corrected chi connectivity index (χ0v) is 81.2. The Morgan fingerprint density at radius 1 is 0.531 bits per heavy atom. The number of aliphatic hydroxyl groups excluding tert-OH is 1. The van der Waals surface area contributed by atoms with Gasteiger partial charge in [-0.05, 0) is 174 Å². The molecule has 0 aliphatic carbocycles. The number of phenolic OH excluding ortho intramolecular Hbond substituents is 1. The highest BCUT2D eigenvalue weighted by Crippen LogP contribution is 2.34. The molecule has 1 saturated heterocycles. The molecule has 5 aromatic rings. The van der Waals surface area contributed by atoms with Crippen LogP contribution >= 0.6 is 0 Å². The maximum Gasteiger partial charge on any atom is 0.326 e. The van der Waals surface area contributed by atoms with E-state index in [0.717, 1.165) is 16.7 Å². The van der Waals surface area contributed by atoms with Gasteiger partial charge >= 0.3 is 11.9 Å². The number of aliphatic hydroxyl groups is 1. The standard InChI is InChI=1S/C92H133N27O23S/c1-7-51(4)77(85(134)112-76(50(2)3)84(133)107-63(36-39-73(97)123)89(138)118(69(20-8-9-41-93)82(131)108-64(90(139)140)19-13-44-105-92(101)102)86(135)53-25-27-54(28-26-53)114-115-55-29-31-56(32-30-55)116(5)6)113-81(130)68-21-14-46-117(68)88(137)66(47-52-23-33-57(121)34-24-52)110-79(128)65(48-74(98)124)109-78(127)62(35-38-72(96)122)106-80(129)67(49-120)111-83(132)70(37-40-75(125)126)119(87(136)60(95)17-12-43-104-91(99)100)143(141,142)71-22-11-15-58-59(71)16-10-18-61(58)103-45-42-94/h10-11,15-16,18,22-34,50-51,60,62-70,76-77,103,120-121H,7-9,12-14,17,19-21,35-49,93-95H2,1-6H3,(H2,96,122)(H2,97,123)(H2,98,124)(H,106,129)(H,107,133)(H,108,131)(H,109,127)(H,110,128)(H,111,132)(H,112,134)(H,113,130)(H,125,126)(H,139,140)(H4,99,100,104)(H4,101,102,105)/t51-,60-,62-,63-,64-,65-,66-,67-,68-,69-,70-,76-,77-/m0/s1. The number of benzene rings is 5. The molecule has 0 bridgehead atoms. The number of amides is 15. The number of azo groups is 1. The highest BCUT2D eigenvalue weighted by Gasteiger charge is 2.47. The number of unbranched alkanes of at least 4 members (excludes halogenated alkanes) is 1. The number of nitrogens with one attached hydrogen (secondary N) is 13. The minimum Gasteiger partial charge on any atom is -0.508 e. The number of anilines is 2. The topological polar surface area (TPSA) is 831 Å². The van der Waals surface area contributed by atoms with Crippen LogP contribution in [0, 0.1) is 22.7 Å². The monoisotopic (exact) mass is 2020 g/mol. The van der Waals surface area contributed by atoms with Crippen LogP contribution in [0.4, 0.5) is 22.7 Å². The number of nitrogens with zero attached hydrogens (tertiary/aromatic N) is 6. The molecule has 0 aromatic heterocycles. The maximum atomic E-state index is 15.7. The van der Waals surface area contributed by atoms with E-state index in [9.17, 15) is 73.2 Å². The normalized spacial score (nSPS) is 14.9. The van der Waals surface area contributed by atoms with Crippen molar-refractivity contribution in [2.24, 2.45) is 67.9 Å². The Labute approximate surface area is 825 Å². The summed E-state index contributed by atoms with van der Waals surface area (Å²) in [6, 6.07) is 3.43. The molecule has 5 aromatic carbocycles. The van der Waals surface area contributed by atoms with Crippen molar-refractivity contribution in [2.75, 3.05) is 70.2 Å². The molecule has 1 fully saturated rings. The third-order valence-electron chi connectivity index (χ3n) is 23.3. The van der Waals surface area contributed by atoms with E-state index in [-0.39, 0.29) is 141 Å². The number of sulfonamides is 1. The van der Waals surface area contributed by atoms with Gasteiger partial charge in [0.25, 0.3) is 27.7 Å². The molecule has 50 nitrogen and oxygen atoms in total. The molecule has 1 heterocycles. The quantitative estimate of drug-likeness (QED) is 0.00826. The number of likely N-dealkylation sites (tertiary alicyclic amines) is 1. The Kier molecular flexibility index (Phi) is 46.4. The number of phenols is 1. The van der Waals surface area contributed by atoms with Crippen LogP contribution in [0.2, 0.25) is 0 Å². The van der Waals surface area contributed by atoms with E-state index in [1.54, 1.807) is 32.0 Å². The van der Waals surface area contributed by atoms with Crippen molar-refractivity contribution in [3.8, 4) is 5.75 Å². The molecule has 1 aliphatic heterocycles. The van der Waals surface area contributed by atoms with Gasteiger partial charge in [0.2, 0.25) is 70.9 Å². The number of carbonyl (C=O) groups excluding carboxylic acids is 15. The van der Waals surface area contributed by atoms with Gasteiger partial charge in [-0.2, -0.15) is 10.2 Å². The number of aromatic hydroxyl groups is 1. The van der Waals surface area contributed by atoms with Gasteiger partial charge in [0, 0.05) is 100 Å². The summed E-state index contributed by atoms with van der Waals surface area (Å²) >= 11 is 0. The third-order valence-corrected chi connectivity index (χ3v) is 25.2. The van der Waals surface area contributed by atoms with E-state index in [0.29, 0.717) is 16.3 Å². The average molecular weight is 2020 g/mol.